The summed E-state index contributed by atoms with van der Waals surface area (Å²) in [7, 11) is 0. The molecule has 0 N–H and O–H groups in total. The van der Waals surface area contributed by atoms with Crippen molar-refractivity contribution in [3.63, 3.8) is 0 Å². The summed E-state index contributed by atoms with van der Waals surface area (Å²) in [6.07, 6.45) is 0. The van der Waals surface area contributed by atoms with E-state index in [9.17, 15) is 19.2 Å². The molecule has 0 atom stereocenters. The van der Waals surface area contributed by atoms with Crippen LogP contribution in [0.1, 0.15) is 74.8 Å². The number of aromatic nitrogens is 4. The lowest BCUT2D eigenvalue weighted by Crippen LogP contribution is -2.21. The molecule has 0 saturated carbocycles. The van der Waals surface area contributed by atoms with E-state index in [2.05, 4.69) is 54.4 Å². The zero-order chi connectivity index (χ0) is 38.1. The van der Waals surface area contributed by atoms with E-state index in [1.165, 1.54) is 17.2 Å². The maximum Gasteiger partial charge on any atom is 0.196 e. The molecule has 0 saturated heterocycles. The van der Waals surface area contributed by atoms with Gasteiger partial charge in [0.15, 0.2) is 23.1 Å². The van der Waals surface area contributed by atoms with Gasteiger partial charge in [0.25, 0.3) is 0 Å². The van der Waals surface area contributed by atoms with Crippen LogP contribution >= 0.6 is 59.4 Å². The van der Waals surface area contributed by atoms with Gasteiger partial charge in [-0.1, -0.05) is 121 Å². The Hall–Kier alpha value is -5.37. The second-order valence-corrected chi connectivity index (χ2v) is 15.1. The first-order chi connectivity index (χ1) is 26.9. The third kappa shape index (κ3) is 6.92. The van der Waals surface area contributed by atoms with E-state index in [-0.39, 0.29) is 23.1 Å². The monoisotopic (exact) mass is 812 g/mol. The summed E-state index contributed by atoms with van der Waals surface area (Å²) in [6, 6.07) is 37.3. The molecule has 0 bridgehead atoms. The van der Waals surface area contributed by atoms with Crippen molar-refractivity contribution >= 4 is 105 Å². The van der Waals surface area contributed by atoms with Gasteiger partial charge in [-0.15, -0.1) is 11.8 Å². The van der Waals surface area contributed by atoms with Gasteiger partial charge < -0.3 is 0 Å². The van der Waals surface area contributed by atoms with Gasteiger partial charge in [-0.25, -0.2) is 0 Å². The lowest BCUT2D eigenvalue weighted by atomic mass is 9.83. The number of fused-ring (bicyclic) bond motifs is 8. The average molecular weight is 813 g/mol. The van der Waals surface area contributed by atoms with Gasteiger partial charge in [-0.3, -0.25) is 19.2 Å². The number of carbonyl (C=O) groups is 4. The van der Waals surface area contributed by atoms with Crippen LogP contribution in [0.3, 0.4) is 0 Å². The van der Waals surface area contributed by atoms with E-state index >= 15 is 0 Å². The van der Waals surface area contributed by atoms with Crippen molar-refractivity contribution in [3.8, 4) is 0 Å². The number of thiol groups is 1. The van der Waals surface area contributed by atoms with Gasteiger partial charge >= 0.3 is 0 Å². The van der Waals surface area contributed by atoms with E-state index in [0.29, 0.717) is 71.6 Å². The molecule has 55 heavy (non-hydrogen) atoms. The molecule has 2 aromatic heterocycles. The van der Waals surface area contributed by atoms with Crippen molar-refractivity contribution in [2.24, 2.45) is 0 Å². The van der Waals surface area contributed by atoms with E-state index < -0.39 is 0 Å². The number of nitrogens with zero attached hydrogens (tertiary/aromatic N) is 4. The Balaban J connectivity index is 0.000000133. The van der Waals surface area contributed by atoms with Crippen molar-refractivity contribution in [3.05, 3.63) is 182 Å². The van der Waals surface area contributed by atoms with Gasteiger partial charge in [0.1, 0.15) is 22.1 Å². The van der Waals surface area contributed by atoms with Gasteiger partial charge in [-0.05, 0) is 23.3 Å². The van der Waals surface area contributed by atoms with Crippen LogP contribution < -0.4 is 0 Å². The minimum Gasteiger partial charge on any atom is -0.289 e. The van der Waals surface area contributed by atoms with E-state index in [4.69, 9.17) is 11.6 Å². The quantitative estimate of drug-likeness (QED) is 0.137. The number of halogens is 1. The maximum atomic E-state index is 13.0. The van der Waals surface area contributed by atoms with Gasteiger partial charge in [0.2, 0.25) is 0 Å². The van der Waals surface area contributed by atoms with Crippen molar-refractivity contribution in [2.45, 2.75) is 16.4 Å². The van der Waals surface area contributed by atoms with Crippen LogP contribution in [0.5, 0.6) is 0 Å². The maximum absolute atomic E-state index is 13.0. The number of rotatable bonds is 4. The molecular weight excluding hydrogens is 788 g/mol. The zero-order valence-electron chi connectivity index (χ0n) is 28.4. The Morgan fingerprint density at radius 1 is 0.491 bits per heavy atom. The SMILES string of the molecule is O=C1c2ccccc2C(=O)c2c1cc(Cl)c1nsnc21.O=C1c2ccccc2C(=O)c2c1cc(SCc1ccccc1)c1nsnc21.SCc1ccccc1. The molecule has 0 spiro atoms. The number of ketones is 4. The van der Waals surface area contributed by atoms with Crippen LogP contribution in [0.15, 0.2) is 126 Å². The molecule has 10 rings (SSSR count). The van der Waals surface area contributed by atoms with Crippen molar-refractivity contribution in [1.82, 2.24) is 17.5 Å². The minimum absolute atomic E-state index is 0.128. The molecule has 8 aromatic rings. The van der Waals surface area contributed by atoms with Crippen molar-refractivity contribution in [2.75, 3.05) is 0 Å². The van der Waals surface area contributed by atoms with Gasteiger partial charge in [0.05, 0.1) is 39.6 Å². The highest BCUT2D eigenvalue weighted by molar-refractivity contribution is 7.98. The second kappa shape index (κ2) is 15.8. The summed E-state index contributed by atoms with van der Waals surface area (Å²) in [4.78, 5) is 52.1. The van der Waals surface area contributed by atoms with Crippen LogP contribution in [0.25, 0.3) is 22.1 Å². The zero-order valence-corrected chi connectivity index (χ0v) is 32.5. The predicted molar refractivity (Wildman–Crippen MR) is 222 cm³/mol. The van der Waals surface area contributed by atoms with Crippen molar-refractivity contribution in [1.29, 1.82) is 0 Å². The highest BCUT2D eigenvalue weighted by Gasteiger charge is 2.34. The number of carbonyl (C=O) groups excluding carboxylic acids is 4. The third-order valence-electron chi connectivity index (χ3n) is 9.03. The molecular formula is C42H25ClN4O4S4. The Kier molecular flexibility index (Phi) is 10.5. The highest BCUT2D eigenvalue weighted by Crippen LogP contribution is 2.38. The number of benzene rings is 6. The number of hydrogen-bond acceptors (Lipinski definition) is 12. The molecule has 0 amide bonds. The number of hydrogen-bond donors (Lipinski definition) is 1. The summed E-state index contributed by atoms with van der Waals surface area (Å²) in [6.45, 7) is 0. The molecule has 268 valence electrons. The fraction of sp³-hybridized carbons (Fsp3) is 0.0476. The normalized spacial score (nSPS) is 12.5. The van der Waals surface area contributed by atoms with Crippen LogP contribution in [-0.2, 0) is 11.5 Å². The van der Waals surface area contributed by atoms with Crippen LogP contribution in [0.4, 0.5) is 0 Å². The summed E-state index contributed by atoms with van der Waals surface area (Å²) >= 11 is 13.9. The first kappa shape index (κ1) is 36.6. The summed E-state index contributed by atoms with van der Waals surface area (Å²) < 4.78 is 17.0. The summed E-state index contributed by atoms with van der Waals surface area (Å²) in [5.74, 6) is 0.900. The van der Waals surface area contributed by atoms with Crippen LogP contribution in [0, 0.1) is 0 Å². The Bertz CT molecular complexity index is 2810. The summed E-state index contributed by atoms with van der Waals surface area (Å²) in [5.41, 5.74) is 7.68. The molecule has 2 heterocycles. The molecule has 0 unspecified atom stereocenters. The number of thioether (sulfide) groups is 1. The third-order valence-corrected chi connectivity index (χ3v) is 11.8. The molecule has 2 aliphatic rings. The molecule has 8 nitrogen and oxygen atoms in total. The second-order valence-electron chi connectivity index (χ2n) is 12.3. The smallest absolute Gasteiger partial charge is 0.196 e. The van der Waals surface area contributed by atoms with E-state index in [1.54, 1.807) is 60.3 Å². The molecule has 0 fully saturated rings. The largest absolute Gasteiger partial charge is 0.289 e. The molecule has 2 aliphatic carbocycles. The molecule has 6 aromatic carbocycles. The topological polar surface area (TPSA) is 120 Å². The summed E-state index contributed by atoms with van der Waals surface area (Å²) in [5, 5.41) is 0.341. The van der Waals surface area contributed by atoms with Gasteiger partial charge in [0, 0.05) is 49.8 Å². The standard InChI is InChI=1S/C21H12N2O2S2.C14H5ClN2O2S.C7H8S/c24-20-13-8-4-5-9-14(13)21(25)17-15(20)10-16(18-19(17)23-27-22-18)26-11-12-6-2-1-3-7-12;15-9-5-8-10(12-11(9)16-20-17-12)14(19)7-4-2-1-3-6(7)13(8)18;8-6-7-4-2-1-3-5-7/h1-10H,11H2;1-5H;1-5,8H,6H2. The Morgan fingerprint density at radius 2 is 0.909 bits per heavy atom. The highest BCUT2D eigenvalue weighted by atomic mass is 35.5. The fourth-order valence-corrected chi connectivity index (χ4v) is 9.07. The lowest BCUT2D eigenvalue weighted by molar-refractivity contribution is 0.0980. The van der Waals surface area contributed by atoms with Crippen LogP contribution in [0.2, 0.25) is 5.02 Å². The van der Waals surface area contributed by atoms with Gasteiger partial charge in [-0.2, -0.15) is 30.1 Å². The first-order valence-corrected chi connectivity index (χ1v) is 20.2. The molecule has 13 heteroatoms. The van der Waals surface area contributed by atoms with Crippen LogP contribution in [-0.4, -0.2) is 40.6 Å². The average Bonchev–Trinajstić information content (AvgIpc) is 3.94. The lowest BCUT2D eigenvalue weighted by Gasteiger charge is -2.18. The first-order valence-electron chi connectivity index (χ1n) is 16.8. The van der Waals surface area contributed by atoms with E-state index in [0.717, 1.165) is 39.9 Å². The van der Waals surface area contributed by atoms with E-state index in [1.807, 2.05) is 42.5 Å². The minimum atomic E-state index is -0.204. The molecule has 0 aliphatic heterocycles. The Labute approximate surface area is 337 Å². The molecule has 0 radical (unpaired) electrons. The Morgan fingerprint density at radius 3 is 1.42 bits per heavy atom. The fourth-order valence-electron chi connectivity index (χ4n) is 6.38. The van der Waals surface area contributed by atoms with Crippen molar-refractivity contribution < 1.29 is 19.2 Å². The predicted octanol–water partition coefficient (Wildman–Crippen LogP) is 10.00.